The quantitative estimate of drug-likeness (QED) is 0.498. The predicted molar refractivity (Wildman–Crippen MR) is 68.9 cm³/mol. The molecule has 0 aliphatic rings. The highest BCUT2D eigenvalue weighted by Gasteiger charge is 2.15. The second-order valence-corrected chi connectivity index (χ2v) is 6.27. The van der Waals surface area contributed by atoms with Gasteiger partial charge in [0.25, 0.3) is 0 Å². The molecule has 1 aromatic carbocycles. The number of methoxy groups -OCH3 is 1. The lowest BCUT2D eigenvalue weighted by Crippen LogP contribution is -2.11. The molecule has 1 rings (SSSR count). The monoisotopic (exact) mass is 375 g/mol. The summed E-state index contributed by atoms with van der Waals surface area (Å²) in [6, 6.07) is 4.59. The summed E-state index contributed by atoms with van der Waals surface area (Å²) in [5, 5.41) is 0. The number of nitrogens with one attached hydrogen (secondary N) is 1. The summed E-state index contributed by atoms with van der Waals surface area (Å²) in [4.78, 5) is 11.3. The molecule has 88 valence electrons. The molecule has 1 aromatic rings. The third kappa shape index (κ3) is 3.80. The number of ether oxygens (including phenoxy) is 1. The lowest BCUT2D eigenvalue weighted by atomic mass is 10.2. The van der Waals surface area contributed by atoms with Crippen molar-refractivity contribution in [2.24, 2.45) is 0 Å². The number of benzene rings is 1. The Balaban J connectivity index is 3.23. The number of carbonyl (C=O) groups excluding carboxylic acids is 1. The Morgan fingerprint density at radius 1 is 1.50 bits per heavy atom. The number of hydrogen-bond donors (Lipinski definition) is 1. The van der Waals surface area contributed by atoms with Crippen LogP contribution in [0.15, 0.2) is 18.2 Å². The van der Waals surface area contributed by atoms with E-state index in [-0.39, 0.29) is 11.3 Å². The second-order valence-electron chi connectivity index (χ2n) is 2.72. The fourth-order valence-corrected chi connectivity index (χ4v) is 2.19. The van der Waals surface area contributed by atoms with Crippen molar-refractivity contribution in [1.82, 2.24) is 0 Å². The highest BCUT2D eigenvalue weighted by Crippen LogP contribution is 2.21. The SMILES string of the molecule is COC(=O)c1ccc(I)cc1NS(=O)(=O)Cl. The van der Waals surface area contributed by atoms with Gasteiger partial charge in [-0.2, -0.15) is 8.42 Å². The van der Waals surface area contributed by atoms with Crippen LogP contribution >= 0.6 is 33.3 Å². The number of esters is 1. The number of anilines is 1. The van der Waals surface area contributed by atoms with E-state index in [1.807, 2.05) is 27.3 Å². The Bertz CT molecular complexity index is 517. The Morgan fingerprint density at radius 2 is 2.12 bits per heavy atom. The Morgan fingerprint density at radius 3 is 2.62 bits per heavy atom. The summed E-state index contributed by atoms with van der Waals surface area (Å²) in [5.74, 6) is -0.640. The average Bonchev–Trinajstić information content (AvgIpc) is 2.14. The maximum absolute atomic E-state index is 11.3. The maximum Gasteiger partial charge on any atom is 0.339 e. The molecule has 0 atom stereocenters. The van der Waals surface area contributed by atoms with Gasteiger partial charge in [0, 0.05) is 14.3 Å². The van der Waals surface area contributed by atoms with E-state index in [4.69, 9.17) is 10.7 Å². The van der Waals surface area contributed by atoms with Gasteiger partial charge < -0.3 is 4.74 Å². The normalized spacial score (nSPS) is 10.9. The highest BCUT2D eigenvalue weighted by atomic mass is 127. The van der Waals surface area contributed by atoms with E-state index in [0.717, 1.165) is 3.57 Å². The van der Waals surface area contributed by atoms with Gasteiger partial charge in [0.15, 0.2) is 0 Å². The van der Waals surface area contributed by atoms with Crippen LogP contribution in [-0.4, -0.2) is 21.5 Å². The Kier molecular flexibility index (Phi) is 4.39. The maximum atomic E-state index is 11.3. The summed E-state index contributed by atoms with van der Waals surface area (Å²) >= 11 is 1.98. The van der Waals surface area contributed by atoms with E-state index in [1.54, 1.807) is 6.07 Å². The van der Waals surface area contributed by atoms with Crippen LogP contribution in [0.25, 0.3) is 0 Å². The molecule has 0 fully saturated rings. The van der Waals surface area contributed by atoms with Crippen LogP contribution < -0.4 is 4.72 Å². The first-order valence-corrected chi connectivity index (χ1v) is 7.32. The fraction of sp³-hybridized carbons (Fsp3) is 0.125. The summed E-state index contributed by atoms with van der Waals surface area (Å²) in [7, 11) is 2.31. The minimum Gasteiger partial charge on any atom is -0.465 e. The molecule has 16 heavy (non-hydrogen) atoms. The summed E-state index contributed by atoms with van der Waals surface area (Å²) in [5.41, 5.74) is 0.195. The predicted octanol–water partition coefficient (Wildman–Crippen LogP) is 1.97. The van der Waals surface area contributed by atoms with Gasteiger partial charge in [0.2, 0.25) is 0 Å². The van der Waals surface area contributed by atoms with Gasteiger partial charge in [-0.15, -0.1) is 0 Å². The molecule has 0 bridgehead atoms. The summed E-state index contributed by atoms with van der Waals surface area (Å²) in [6.45, 7) is 0. The first-order valence-electron chi connectivity index (χ1n) is 3.94. The minimum atomic E-state index is -3.95. The van der Waals surface area contributed by atoms with Gasteiger partial charge in [0.05, 0.1) is 18.4 Å². The first-order chi connectivity index (χ1) is 7.33. The van der Waals surface area contributed by atoms with Crippen molar-refractivity contribution in [3.05, 3.63) is 27.3 Å². The molecule has 8 heteroatoms. The molecule has 0 amide bonds. The topological polar surface area (TPSA) is 72.5 Å². The van der Waals surface area contributed by atoms with Crippen LogP contribution in [0.5, 0.6) is 0 Å². The van der Waals surface area contributed by atoms with Gasteiger partial charge in [-0.1, -0.05) is 0 Å². The molecular weight excluding hydrogens is 369 g/mol. The largest absolute Gasteiger partial charge is 0.465 e. The van der Waals surface area contributed by atoms with Crippen molar-refractivity contribution in [3.8, 4) is 0 Å². The van der Waals surface area contributed by atoms with E-state index in [9.17, 15) is 13.2 Å². The van der Waals surface area contributed by atoms with Crippen LogP contribution in [0.4, 0.5) is 5.69 Å². The zero-order valence-corrected chi connectivity index (χ0v) is 11.8. The number of carbonyl (C=O) groups is 1. The van der Waals surface area contributed by atoms with Crippen LogP contribution in [0, 0.1) is 3.57 Å². The molecule has 5 nitrogen and oxygen atoms in total. The van der Waals surface area contributed by atoms with Gasteiger partial charge >= 0.3 is 15.2 Å². The van der Waals surface area contributed by atoms with Gasteiger partial charge in [-0.25, -0.2) is 4.79 Å². The van der Waals surface area contributed by atoms with E-state index >= 15 is 0 Å². The molecule has 0 aliphatic carbocycles. The van der Waals surface area contributed by atoms with Crippen LogP contribution in [-0.2, 0) is 14.0 Å². The number of halogens is 2. The minimum absolute atomic E-state index is 0.0914. The number of rotatable bonds is 3. The van der Waals surface area contributed by atoms with E-state index in [2.05, 4.69) is 4.74 Å². The standard InChI is InChI=1S/C8H7ClINO4S/c1-15-8(12)6-3-2-5(10)4-7(6)11-16(9,13)14/h2-4,11H,1H3. The van der Waals surface area contributed by atoms with Crippen molar-refractivity contribution in [2.75, 3.05) is 11.8 Å². The van der Waals surface area contributed by atoms with Crippen molar-refractivity contribution >= 4 is 54.2 Å². The molecule has 0 aliphatic heterocycles. The molecule has 0 saturated heterocycles. The van der Waals surface area contributed by atoms with Gasteiger partial charge in [-0.05, 0) is 40.8 Å². The van der Waals surface area contributed by atoms with Crippen molar-refractivity contribution < 1.29 is 17.9 Å². The zero-order valence-electron chi connectivity index (χ0n) is 8.03. The van der Waals surface area contributed by atoms with E-state index in [0.29, 0.717) is 0 Å². The summed E-state index contributed by atoms with van der Waals surface area (Å²) < 4.78 is 29.1. The number of hydrogen-bond acceptors (Lipinski definition) is 4. The van der Waals surface area contributed by atoms with Gasteiger partial charge in [0.1, 0.15) is 0 Å². The van der Waals surface area contributed by atoms with Crippen LogP contribution in [0.3, 0.4) is 0 Å². The van der Waals surface area contributed by atoms with Crippen LogP contribution in [0.1, 0.15) is 10.4 Å². The summed E-state index contributed by atoms with van der Waals surface area (Å²) in [6.07, 6.45) is 0. The molecular formula is C8H7ClINO4S. The van der Waals surface area contributed by atoms with Crippen molar-refractivity contribution in [3.63, 3.8) is 0 Å². The van der Waals surface area contributed by atoms with Crippen LogP contribution in [0.2, 0.25) is 0 Å². The molecule has 0 aromatic heterocycles. The first kappa shape index (κ1) is 13.5. The second kappa shape index (κ2) is 5.19. The van der Waals surface area contributed by atoms with E-state index < -0.39 is 15.2 Å². The van der Waals surface area contributed by atoms with Crippen molar-refractivity contribution in [1.29, 1.82) is 0 Å². The zero-order chi connectivity index (χ0) is 12.3. The molecule has 0 spiro atoms. The Hall–Kier alpha value is -0.540. The third-order valence-electron chi connectivity index (χ3n) is 1.62. The average molecular weight is 376 g/mol. The molecule has 0 heterocycles. The molecule has 0 radical (unpaired) electrons. The van der Waals surface area contributed by atoms with Gasteiger partial charge in [-0.3, -0.25) is 4.72 Å². The molecule has 0 unspecified atom stereocenters. The lowest BCUT2D eigenvalue weighted by molar-refractivity contribution is 0.0602. The smallest absolute Gasteiger partial charge is 0.339 e. The van der Waals surface area contributed by atoms with Crippen molar-refractivity contribution in [2.45, 2.75) is 0 Å². The van der Waals surface area contributed by atoms with E-state index in [1.165, 1.54) is 19.2 Å². The highest BCUT2D eigenvalue weighted by molar-refractivity contribution is 14.1. The molecule has 0 saturated carbocycles. The third-order valence-corrected chi connectivity index (χ3v) is 2.98. The lowest BCUT2D eigenvalue weighted by Gasteiger charge is -2.08. The fourth-order valence-electron chi connectivity index (χ4n) is 1.02. The Labute approximate surface area is 111 Å². The molecule has 1 N–H and O–H groups in total.